The third kappa shape index (κ3) is 4.54. The lowest BCUT2D eigenvalue weighted by Gasteiger charge is -2.21. The van der Waals surface area contributed by atoms with Crippen molar-refractivity contribution >= 4 is 29.4 Å². The van der Waals surface area contributed by atoms with Crippen LogP contribution in [0.4, 0.5) is 17.6 Å². The molecule has 1 aromatic rings. The third-order valence-electron chi connectivity index (χ3n) is 2.91. The highest BCUT2D eigenvalue weighted by molar-refractivity contribution is 8.06. The summed E-state index contributed by atoms with van der Waals surface area (Å²) in [5.74, 6) is 1.14. The molecule has 0 spiro atoms. The van der Waals surface area contributed by atoms with Crippen molar-refractivity contribution in [3.05, 3.63) is 35.1 Å². The van der Waals surface area contributed by atoms with E-state index in [1.165, 1.54) is 0 Å². The Morgan fingerprint density at radius 1 is 1.33 bits per heavy atom. The van der Waals surface area contributed by atoms with Crippen LogP contribution in [-0.2, 0) is 6.18 Å². The first-order chi connectivity index (χ1) is 9.88. The molecule has 1 fully saturated rings. The molecule has 1 heterocycles. The van der Waals surface area contributed by atoms with E-state index in [2.05, 4.69) is 5.32 Å². The van der Waals surface area contributed by atoms with E-state index in [0.29, 0.717) is 24.7 Å². The number of rotatable bonds is 3. The Morgan fingerprint density at radius 3 is 2.71 bits per heavy atom. The Labute approximate surface area is 128 Å². The van der Waals surface area contributed by atoms with Crippen molar-refractivity contribution in [1.29, 1.82) is 0 Å². The second kappa shape index (κ2) is 6.91. The molecule has 2 nitrogen and oxygen atoms in total. The predicted octanol–water partition coefficient (Wildman–Crippen LogP) is 3.42. The number of halogens is 4. The summed E-state index contributed by atoms with van der Waals surface area (Å²) in [7, 11) is 0. The molecule has 21 heavy (non-hydrogen) atoms. The van der Waals surface area contributed by atoms with E-state index in [1.54, 1.807) is 23.5 Å². The number of carbonyl (C=O) groups excluding carboxylic acids is 1. The fourth-order valence-corrected chi connectivity index (χ4v) is 4.44. The zero-order valence-electron chi connectivity index (χ0n) is 10.9. The molecule has 1 unspecified atom stereocenters. The minimum atomic E-state index is -4.60. The molecule has 0 saturated carbocycles. The zero-order valence-corrected chi connectivity index (χ0v) is 12.5. The largest absolute Gasteiger partial charge is 0.416 e. The second-order valence-electron chi connectivity index (χ2n) is 4.47. The molecule has 1 aliphatic rings. The number of hydrogen-bond acceptors (Lipinski definition) is 3. The molecule has 0 bridgehead atoms. The van der Waals surface area contributed by atoms with E-state index >= 15 is 0 Å². The van der Waals surface area contributed by atoms with E-state index in [4.69, 9.17) is 0 Å². The van der Waals surface area contributed by atoms with Crippen LogP contribution in [0.25, 0.3) is 0 Å². The number of benzene rings is 1. The summed E-state index contributed by atoms with van der Waals surface area (Å²) in [4.78, 5) is 11.9. The minimum absolute atomic E-state index is 0.210. The lowest BCUT2D eigenvalue weighted by Crippen LogP contribution is -2.34. The molecule has 1 N–H and O–H groups in total. The topological polar surface area (TPSA) is 29.1 Å². The first-order valence-electron chi connectivity index (χ1n) is 6.22. The Bertz CT molecular complexity index is 515. The number of carbonyl (C=O) groups is 1. The Hall–Kier alpha value is -0.890. The molecule has 1 aromatic carbocycles. The maximum absolute atomic E-state index is 13.5. The molecular formula is C13H13F4NOS2. The molecule has 1 amide bonds. The summed E-state index contributed by atoms with van der Waals surface area (Å²) in [6, 6.07) is 1.84. The maximum Gasteiger partial charge on any atom is 0.416 e. The van der Waals surface area contributed by atoms with Gasteiger partial charge in [0, 0.05) is 29.1 Å². The highest BCUT2D eigenvalue weighted by Crippen LogP contribution is 2.30. The monoisotopic (exact) mass is 339 g/mol. The van der Waals surface area contributed by atoms with Crippen LogP contribution in [0.2, 0.25) is 0 Å². The van der Waals surface area contributed by atoms with Crippen LogP contribution in [0.3, 0.4) is 0 Å². The van der Waals surface area contributed by atoms with Crippen molar-refractivity contribution < 1.29 is 22.4 Å². The van der Waals surface area contributed by atoms with Gasteiger partial charge in [0.25, 0.3) is 5.91 Å². The molecule has 1 atom stereocenters. The Kier molecular flexibility index (Phi) is 5.43. The maximum atomic E-state index is 13.5. The van der Waals surface area contributed by atoms with Gasteiger partial charge in [0.05, 0.1) is 11.1 Å². The van der Waals surface area contributed by atoms with Gasteiger partial charge in [0.1, 0.15) is 5.82 Å². The van der Waals surface area contributed by atoms with Crippen LogP contribution in [0.1, 0.15) is 15.9 Å². The van der Waals surface area contributed by atoms with Gasteiger partial charge in [-0.3, -0.25) is 4.79 Å². The summed E-state index contributed by atoms with van der Waals surface area (Å²) >= 11 is 3.47. The number of hydrogen-bond donors (Lipinski definition) is 1. The van der Waals surface area contributed by atoms with Crippen LogP contribution in [0.15, 0.2) is 18.2 Å². The molecule has 8 heteroatoms. The lowest BCUT2D eigenvalue weighted by molar-refractivity contribution is -0.137. The predicted molar refractivity (Wildman–Crippen MR) is 77.3 cm³/mol. The van der Waals surface area contributed by atoms with Gasteiger partial charge in [-0.25, -0.2) is 4.39 Å². The van der Waals surface area contributed by atoms with Gasteiger partial charge in [-0.15, -0.1) is 0 Å². The highest BCUT2D eigenvalue weighted by Gasteiger charge is 2.32. The fourth-order valence-electron chi connectivity index (χ4n) is 1.83. The van der Waals surface area contributed by atoms with Gasteiger partial charge in [0.15, 0.2) is 0 Å². The van der Waals surface area contributed by atoms with Crippen LogP contribution in [0.5, 0.6) is 0 Å². The summed E-state index contributed by atoms with van der Waals surface area (Å²) in [5, 5.41) is 2.72. The SMILES string of the molecule is O=C(NCC1CSCCS1)c1cc(C(F)(F)F)ccc1F. The molecule has 2 rings (SSSR count). The molecular weight excluding hydrogens is 326 g/mol. The van der Waals surface area contributed by atoms with E-state index in [1.807, 2.05) is 0 Å². The molecule has 1 aliphatic heterocycles. The van der Waals surface area contributed by atoms with Gasteiger partial charge >= 0.3 is 6.18 Å². The summed E-state index contributed by atoms with van der Waals surface area (Å²) in [5.41, 5.74) is -1.60. The average molecular weight is 339 g/mol. The number of nitrogens with one attached hydrogen (secondary N) is 1. The fraction of sp³-hybridized carbons (Fsp3) is 0.462. The highest BCUT2D eigenvalue weighted by atomic mass is 32.2. The van der Waals surface area contributed by atoms with E-state index in [-0.39, 0.29) is 5.25 Å². The summed E-state index contributed by atoms with van der Waals surface area (Å²) < 4.78 is 51.3. The smallest absolute Gasteiger partial charge is 0.351 e. The van der Waals surface area contributed by atoms with E-state index in [0.717, 1.165) is 17.3 Å². The van der Waals surface area contributed by atoms with Gasteiger partial charge in [-0.05, 0) is 18.2 Å². The van der Waals surface area contributed by atoms with Crippen molar-refractivity contribution in [2.45, 2.75) is 11.4 Å². The molecule has 0 radical (unpaired) electrons. The van der Waals surface area contributed by atoms with Gasteiger partial charge in [0.2, 0.25) is 0 Å². The first-order valence-corrected chi connectivity index (χ1v) is 8.42. The van der Waals surface area contributed by atoms with Crippen molar-refractivity contribution in [3.8, 4) is 0 Å². The number of thioether (sulfide) groups is 2. The van der Waals surface area contributed by atoms with Gasteiger partial charge in [-0.2, -0.15) is 36.7 Å². The minimum Gasteiger partial charge on any atom is -0.351 e. The molecule has 0 aliphatic carbocycles. The van der Waals surface area contributed by atoms with Crippen LogP contribution >= 0.6 is 23.5 Å². The summed E-state index contributed by atoms with van der Waals surface area (Å²) in [6.07, 6.45) is -4.60. The average Bonchev–Trinajstić information content (AvgIpc) is 2.45. The van der Waals surface area contributed by atoms with Gasteiger partial charge < -0.3 is 5.32 Å². The van der Waals surface area contributed by atoms with Crippen LogP contribution in [-0.4, -0.2) is 35.0 Å². The molecule has 1 saturated heterocycles. The molecule has 116 valence electrons. The first kappa shape index (κ1) is 16.5. The quantitative estimate of drug-likeness (QED) is 0.856. The van der Waals surface area contributed by atoms with Crippen molar-refractivity contribution in [1.82, 2.24) is 5.32 Å². The summed E-state index contributed by atoms with van der Waals surface area (Å²) in [6.45, 7) is 0.326. The Balaban J connectivity index is 2.04. The third-order valence-corrected chi connectivity index (χ3v) is 5.76. The zero-order chi connectivity index (χ0) is 15.5. The normalized spacial score (nSPS) is 19.3. The van der Waals surface area contributed by atoms with Gasteiger partial charge in [-0.1, -0.05) is 0 Å². The number of alkyl halides is 3. The molecule has 0 aromatic heterocycles. The second-order valence-corrected chi connectivity index (χ2v) is 7.03. The van der Waals surface area contributed by atoms with Crippen molar-refractivity contribution in [2.75, 3.05) is 23.8 Å². The Morgan fingerprint density at radius 2 is 2.10 bits per heavy atom. The van der Waals surface area contributed by atoms with Crippen molar-refractivity contribution in [2.24, 2.45) is 0 Å². The van der Waals surface area contributed by atoms with Crippen LogP contribution in [0, 0.1) is 5.82 Å². The number of amides is 1. The lowest BCUT2D eigenvalue weighted by atomic mass is 10.1. The van der Waals surface area contributed by atoms with E-state index < -0.39 is 29.0 Å². The van der Waals surface area contributed by atoms with Crippen molar-refractivity contribution in [3.63, 3.8) is 0 Å². The standard InChI is InChI=1S/C13H13F4NOS2/c14-11-2-1-8(13(15,16)17)5-10(11)12(19)18-6-9-7-20-3-4-21-9/h1-2,5,9H,3-4,6-7H2,(H,18,19). The van der Waals surface area contributed by atoms with Crippen LogP contribution < -0.4 is 5.32 Å². The van der Waals surface area contributed by atoms with E-state index in [9.17, 15) is 22.4 Å².